The summed E-state index contributed by atoms with van der Waals surface area (Å²) in [5.41, 5.74) is 0.630. The van der Waals surface area contributed by atoms with Crippen LogP contribution in [0.1, 0.15) is 0 Å². The van der Waals surface area contributed by atoms with Crippen molar-refractivity contribution in [3.63, 3.8) is 0 Å². The van der Waals surface area contributed by atoms with Gasteiger partial charge in [-0.05, 0) is 12.1 Å². The van der Waals surface area contributed by atoms with Crippen LogP contribution in [0.5, 0.6) is 0 Å². The molecule has 2 aliphatic rings. The summed E-state index contributed by atoms with van der Waals surface area (Å²) in [4.78, 5) is 5.54. The summed E-state index contributed by atoms with van der Waals surface area (Å²) in [5.74, 6) is 0. The molecule has 2 fully saturated rings. The zero-order chi connectivity index (χ0) is 14.3. The molecule has 7 heteroatoms. The molecule has 2 saturated heterocycles. The Morgan fingerprint density at radius 2 is 1.70 bits per heavy atom. The highest BCUT2D eigenvalue weighted by atomic mass is 16.5. The van der Waals surface area contributed by atoms with E-state index in [1.165, 1.54) is 4.90 Å². The van der Waals surface area contributed by atoms with Crippen molar-refractivity contribution >= 4 is 11.7 Å². The van der Waals surface area contributed by atoms with Crippen LogP contribution in [0.15, 0.2) is 35.3 Å². The molecule has 1 aromatic rings. The standard InChI is InChI=1S/C13H16N2O5/c16-9-8-6-20-13(14-7-4-2-1-3-5-7)15(8)12(19)11(18)10(9)17/h1-5,8-12,16-19H,6H2/b14-13+/t8-,9+,10+,11-,12-/m1/s1. The molecule has 0 aliphatic carbocycles. The molecule has 7 nitrogen and oxygen atoms in total. The third kappa shape index (κ3) is 2.04. The van der Waals surface area contributed by atoms with Crippen molar-refractivity contribution in [2.45, 2.75) is 30.6 Å². The Morgan fingerprint density at radius 1 is 1.00 bits per heavy atom. The second kappa shape index (κ2) is 5.02. The van der Waals surface area contributed by atoms with Crippen molar-refractivity contribution in [3.05, 3.63) is 30.3 Å². The number of benzene rings is 1. The Kier molecular flexibility index (Phi) is 3.35. The lowest BCUT2D eigenvalue weighted by atomic mass is 9.94. The predicted octanol–water partition coefficient (Wildman–Crippen LogP) is -1.21. The number of fused-ring (bicyclic) bond motifs is 1. The summed E-state index contributed by atoms with van der Waals surface area (Å²) in [7, 11) is 0. The molecule has 2 heterocycles. The molecule has 20 heavy (non-hydrogen) atoms. The largest absolute Gasteiger partial charge is 0.463 e. The number of aliphatic hydroxyl groups excluding tert-OH is 4. The number of amidine groups is 1. The van der Waals surface area contributed by atoms with Crippen LogP contribution in [0.2, 0.25) is 0 Å². The highest BCUT2D eigenvalue weighted by Gasteiger charge is 2.52. The Hall–Kier alpha value is -1.67. The average Bonchev–Trinajstić information content (AvgIpc) is 2.88. The van der Waals surface area contributed by atoms with E-state index in [9.17, 15) is 20.4 Å². The van der Waals surface area contributed by atoms with Crippen molar-refractivity contribution in [2.75, 3.05) is 6.61 Å². The predicted molar refractivity (Wildman–Crippen MR) is 69.1 cm³/mol. The zero-order valence-electron chi connectivity index (χ0n) is 10.6. The summed E-state index contributed by atoms with van der Waals surface area (Å²) in [6.07, 6.45) is -5.48. The van der Waals surface area contributed by atoms with Gasteiger partial charge in [-0.15, -0.1) is 0 Å². The third-order valence-electron chi connectivity index (χ3n) is 3.63. The van der Waals surface area contributed by atoms with E-state index in [0.29, 0.717) is 5.69 Å². The maximum Gasteiger partial charge on any atom is 0.295 e. The lowest BCUT2D eigenvalue weighted by Gasteiger charge is -2.42. The van der Waals surface area contributed by atoms with E-state index in [4.69, 9.17) is 4.74 Å². The first kappa shape index (κ1) is 13.3. The van der Waals surface area contributed by atoms with Crippen molar-refractivity contribution in [3.8, 4) is 0 Å². The van der Waals surface area contributed by atoms with Crippen molar-refractivity contribution < 1.29 is 25.2 Å². The van der Waals surface area contributed by atoms with E-state index in [1.54, 1.807) is 12.1 Å². The molecule has 0 saturated carbocycles. The molecule has 0 radical (unpaired) electrons. The lowest BCUT2D eigenvalue weighted by molar-refractivity contribution is -0.190. The summed E-state index contributed by atoms with van der Waals surface area (Å²) in [6, 6.07) is 8.49. The molecule has 0 bridgehead atoms. The molecule has 2 aliphatic heterocycles. The third-order valence-corrected chi connectivity index (χ3v) is 3.63. The Balaban J connectivity index is 1.91. The molecule has 108 valence electrons. The fourth-order valence-corrected chi connectivity index (χ4v) is 2.50. The SMILES string of the molecule is O[C@@H]1[C@@H](O)[C@@H](O)N2/C(=N\c3ccccc3)OC[C@@H]2[C@@H]1O. The molecule has 4 N–H and O–H groups in total. The number of rotatable bonds is 1. The van der Waals surface area contributed by atoms with Crippen LogP contribution >= 0.6 is 0 Å². The first-order valence-corrected chi connectivity index (χ1v) is 6.37. The number of para-hydroxylation sites is 1. The number of aliphatic imine (C=N–C) groups is 1. The lowest BCUT2D eigenvalue weighted by Crippen LogP contribution is -2.65. The molecular formula is C13H16N2O5. The summed E-state index contributed by atoms with van der Waals surface area (Å²) in [6.45, 7) is 0.0909. The summed E-state index contributed by atoms with van der Waals surface area (Å²) in [5, 5.41) is 39.3. The maximum atomic E-state index is 10.0. The van der Waals surface area contributed by atoms with E-state index in [2.05, 4.69) is 4.99 Å². The smallest absolute Gasteiger partial charge is 0.295 e. The molecule has 0 amide bonds. The molecular weight excluding hydrogens is 264 g/mol. The van der Waals surface area contributed by atoms with Crippen molar-refractivity contribution in [2.24, 2.45) is 4.99 Å². The topological polar surface area (TPSA) is 106 Å². The van der Waals surface area contributed by atoms with E-state index in [-0.39, 0.29) is 12.6 Å². The van der Waals surface area contributed by atoms with Gasteiger partial charge >= 0.3 is 0 Å². The number of ether oxygens (including phenoxy) is 1. The van der Waals surface area contributed by atoms with Crippen LogP contribution in [-0.2, 0) is 4.74 Å². The van der Waals surface area contributed by atoms with Gasteiger partial charge in [0.1, 0.15) is 24.9 Å². The van der Waals surface area contributed by atoms with Gasteiger partial charge in [0.25, 0.3) is 6.02 Å². The van der Waals surface area contributed by atoms with E-state index in [1.807, 2.05) is 18.2 Å². The van der Waals surface area contributed by atoms with Crippen LogP contribution in [0.25, 0.3) is 0 Å². The summed E-state index contributed by atoms with van der Waals surface area (Å²) < 4.78 is 5.38. The average molecular weight is 280 g/mol. The number of hydrogen-bond donors (Lipinski definition) is 4. The fourth-order valence-electron chi connectivity index (χ4n) is 2.50. The van der Waals surface area contributed by atoms with Gasteiger partial charge in [0.05, 0.1) is 11.7 Å². The second-order valence-electron chi connectivity index (χ2n) is 4.90. The minimum Gasteiger partial charge on any atom is -0.463 e. The second-order valence-corrected chi connectivity index (χ2v) is 4.90. The molecule has 0 spiro atoms. The van der Waals surface area contributed by atoms with Gasteiger partial charge in [-0.2, -0.15) is 4.99 Å². The highest BCUT2D eigenvalue weighted by molar-refractivity contribution is 5.79. The Morgan fingerprint density at radius 3 is 2.40 bits per heavy atom. The van der Waals surface area contributed by atoms with Crippen LogP contribution in [0.3, 0.4) is 0 Å². The van der Waals surface area contributed by atoms with Crippen LogP contribution in [0, 0.1) is 0 Å². The molecule has 0 unspecified atom stereocenters. The normalized spacial score (nSPS) is 38.7. The van der Waals surface area contributed by atoms with Crippen LogP contribution < -0.4 is 0 Å². The molecule has 0 aromatic heterocycles. The highest BCUT2D eigenvalue weighted by Crippen LogP contribution is 2.29. The van der Waals surface area contributed by atoms with Gasteiger partial charge in [0.15, 0.2) is 6.23 Å². The monoisotopic (exact) mass is 280 g/mol. The quantitative estimate of drug-likeness (QED) is 0.514. The van der Waals surface area contributed by atoms with Gasteiger partial charge in [0.2, 0.25) is 0 Å². The molecule has 1 aromatic carbocycles. The van der Waals surface area contributed by atoms with Crippen LogP contribution in [0.4, 0.5) is 5.69 Å². The maximum absolute atomic E-state index is 10.0. The van der Waals surface area contributed by atoms with Crippen LogP contribution in [-0.4, -0.2) is 68.5 Å². The van der Waals surface area contributed by atoms with Crippen molar-refractivity contribution in [1.29, 1.82) is 0 Å². The number of aliphatic hydroxyl groups is 4. The first-order valence-electron chi connectivity index (χ1n) is 6.37. The van der Waals surface area contributed by atoms with Gasteiger partial charge in [-0.3, -0.25) is 4.90 Å². The van der Waals surface area contributed by atoms with Gasteiger partial charge < -0.3 is 25.2 Å². The van der Waals surface area contributed by atoms with E-state index in [0.717, 1.165) is 0 Å². The van der Waals surface area contributed by atoms with E-state index >= 15 is 0 Å². The Labute approximate surface area is 115 Å². The van der Waals surface area contributed by atoms with Crippen molar-refractivity contribution in [1.82, 2.24) is 4.90 Å². The van der Waals surface area contributed by atoms with Gasteiger partial charge in [-0.25, -0.2) is 0 Å². The zero-order valence-corrected chi connectivity index (χ0v) is 10.6. The number of hydrogen-bond acceptors (Lipinski definition) is 6. The first-order chi connectivity index (χ1) is 9.59. The fraction of sp³-hybridized carbons (Fsp3) is 0.462. The minimum absolute atomic E-state index is 0.0909. The minimum atomic E-state index is -1.48. The Bertz CT molecular complexity index is 509. The molecule has 5 atom stereocenters. The molecule has 3 rings (SSSR count). The van der Waals surface area contributed by atoms with E-state index < -0.39 is 30.6 Å². The van der Waals surface area contributed by atoms with Gasteiger partial charge in [0, 0.05) is 0 Å². The van der Waals surface area contributed by atoms with Gasteiger partial charge in [-0.1, -0.05) is 18.2 Å². The summed E-state index contributed by atoms with van der Waals surface area (Å²) >= 11 is 0. The number of nitrogens with zero attached hydrogens (tertiary/aromatic N) is 2. The number of piperidine rings is 1.